The summed E-state index contributed by atoms with van der Waals surface area (Å²) in [6.45, 7) is 1.05. The fourth-order valence-electron chi connectivity index (χ4n) is 2.33. The molecule has 0 fully saturated rings. The Bertz CT molecular complexity index is 872. The first-order valence-electron chi connectivity index (χ1n) is 7.79. The largest absolute Gasteiger partial charge is 0.432 e. The van der Waals surface area contributed by atoms with Gasteiger partial charge in [0.05, 0.1) is 11.9 Å². The number of hydrogen-bond acceptors (Lipinski definition) is 4. The highest BCUT2D eigenvalue weighted by Crippen LogP contribution is 2.30. The molecule has 2 N–H and O–H groups in total. The van der Waals surface area contributed by atoms with Crippen LogP contribution in [0.4, 0.5) is 13.2 Å². The number of H-pyrrole nitrogens is 1. The minimum atomic E-state index is -4.50. The van der Waals surface area contributed by atoms with Gasteiger partial charge in [-0.15, -0.1) is 5.10 Å². The SMILES string of the molecule is O=C(NCCCn1ccnn1)c1cccc(-c2cc(C(F)(F)F)[nH]n2)c1. The summed E-state index contributed by atoms with van der Waals surface area (Å²) >= 11 is 0. The van der Waals surface area contributed by atoms with Crippen molar-refractivity contribution in [3.8, 4) is 11.3 Å². The first-order valence-corrected chi connectivity index (χ1v) is 7.79. The number of benzene rings is 1. The van der Waals surface area contributed by atoms with Crippen LogP contribution >= 0.6 is 0 Å². The maximum Gasteiger partial charge on any atom is 0.432 e. The summed E-state index contributed by atoms with van der Waals surface area (Å²) in [7, 11) is 0. The van der Waals surface area contributed by atoms with Crippen LogP contribution in [0.5, 0.6) is 0 Å². The summed E-state index contributed by atoms with van der Waals surface area (Å²) in [4.78, 5) is 12.2. The van der Waals surface area contributed by atoms with E-state index < -0.39 is 11.9 Å². The Morgan fingerprint density at radius 3 is 2.81 bits per heavy atom. The van der Waals surface area contributed by atoms with E-state index >= 15 is 0 Å². The van der Waals surface area contributed by atoms with Crippen molar-refractivity contribution in [3.63, 3.8) is 0 Å². The third-order valence-corrected chi connectivity index (χ3v) is 3.63. The van der Waals surface area contributed by atoms with E-state index in [1.165, 1.54) is 6.07 Å². The fraction of sp³-hybridized carbons (Fsp3) is 0.250. The number of nitrogens with one attached hydrogen (secondary N) is 2. The summed E-state index contributed by atoms with van der Waals surface area (Å²) < 4.78 is 39.6. The monoisotopic (exact) mass is 364 g/mol. The van der Waals surface area contributed by atoms with E-state index in [0.717, 1.165) is 6.07 Å². The van der Waals surface area contributed by atoms with Crippen molar-refractivity contribution in [1.82, 2.24) is 30.5 Å². The first kappa shape index (κ1) is 17.6. The number of hydrogen-bond donors (Lipinski definition) is 2. The van der Waals surface area contributed by atoms with Crippen molar-refractivity contribution >= 4 is 5.91 Å². The fourth-order valence-corrected chi connectivity index (χ4v) is 2.33. The molecule has 26 heavy (non-hydrogen) atoms. The van der Waals surface area contributed by atoms with Crippen molar-refractivity contribution in [3.05, 3.63) is 54.0 Å². The Labute approximate surface area is 146 Å². The zero-order valence-electron chi connectivity index (χ0n) is 13.5. The van der Waals surface area contributed by atoms with E-state index in [1.54, 1.807) is 35.3 Å². The number of halogens is 3. The van der Waals surface area contributed by atoms with Crippen LogP contribution < -0.4 is 5.32 Å². The van der Waals surface area contributed by atoms with Crippen LogP contribution in [0.2, 0.25) is 0 Å². The van der Waals surface area contributed by atoms with Crippen LogP contribution in [0, 0.1) is 0 Å². The second-order valence-electron chi connectivity index (χ2n) is 5.52. The minimum absolute atomic E-state index is 0.123. The normalized spacial score (nSPS) is 11.5. The lowest BCUT2D eigenvalue weighted by atomic mass is 10.1. The van der Waals surface area contributed by atoms with Crippen molar-refractivity contribution in [2.24, 2.45) is 0 Å². The summed E-state index contributed by atoms with van der Waals surface area (Å²) in [6.07, 6.45) is -0.527. The third kappa shape index (κ3) is 4.26. The summed E-state index contributed by atoms with van der Waals surface area (Å²) in [6, 6.07) is 7.20. The number of aromatic nitrogens is 5. The second-order valence-corrected chi connectivity index (χ2v) is 5.52. The molecule has 0 radical (unpaired) electrons. The summed E-state index contributed by atoms with van der Waals surface area (Å²) in [5.74, 6) is -0.308. The minimum Gasteiger partial charge on any atom is -0.352 e. The summed E-state index contributed by atoms with van der Waals surface area (Å²) in [5, 5.41) is 15.9. The molecule has 0 spiro atoms. The highest BCUT2D eigenvalue weighted by atomic mass is 19.4. The van der Waals surface area contributed by atoms with Gasteiger partial charge in [-0.3, -0.25) is 14.6 Å². The van der Waals surface area contributed by atoms with Gasteiger partial charge in [-0.25, -0.2) is 0 Å². The highest BCUT2D eigenvalue weighted by molar-refractivity contribution is 5.95. The molecule has 0 saturated heterocycles. The van der Waals surface area contributed by atoms with Gasteiger partial charge in [-0.05, 0) is 24.6 Å². The maximum absolute atomic E-state index is 12.7. The Morgan fingerprint density at radius 2 is 2.12 bits per heavy atom. The van der Waals surface area contributed by atoms with Crippen molar-refractivity contribution in [2.45, 2.75) is 19.1 Å². The van der Waals surface area contributed by atoms with Crippen LogP contribution in [-0.4, -0.2) is 37.6 Å². The Hall–Kier alpha value is -3.17. The molecule has 7 nitrogen and oxygen atoms in total. The van der Waals surface area contributed by atoms with E-state index in [-0.39, 0.29) is 11.6 Å². The molecule has 0 unspecified atom stereocenters. The molecule has 3 rings (SSSR count). The number of rotatable bonds is 6. The van der Waals surface area contributed by atoms with Gasteiger partial charge in [0.1, 0.15) is 5.69 Å². The van der Waals surface area contributed by atoms with Gasteiger partial charge in [-0.2, -0.15) is 18.3 Å². The second kappa shape index (κ2) is 7.38. The lowest BCUT2D eigenvalue weighted by Crippen LogP contribution is -2.25. The van der Waals surface area contributed by atoms with Gasteiger partial charge < -0.3 is 5.32 Å². The lowest BCUT2D eigenvalue weighted by molar-refractivity contribution is -0.141. The van der Waals surface area contributed by atoms with Gasteiger partial charge in [0.15, 0.2) is 0 Å². The number of amides is 1. The summed E-state index contributed by atoms with van der Waals surface area (Å²) in [5.41, 5.74) is -0.0412. The molecule has 3 aromatic rings. The Kier molecular flexibility index (Phi) is 5.01. The molecule has 0 aliphatic carbocycles. The molecule has 0 atom stereocenters. The van der Waals surface area contributed by atoms with Gasteiger partial charge >= 0.3 is 6.18 Å². The number of aromatic amines is 1. The first-order chi connectivity index (χ1) is 12.4. The third-order valence-electron chi connectivity index (χ3n) is 3.63. The molecular weight excluding hydrogens is 349 g/mol. The van der Waals surface area contributed by atoms with E-state index in [1.807, 2.05) is 5.10 Å². The molecule has 0 aliphatic rings. The van der Waals surface area contributed by atoms with E-state index in [4.69, 9.17) is 0 Å². The van der Waals surface area contributed by atoms with Gasteiger partial charge in [0.2, 0.25) is 0 Å². The molecule has 0 saturated carbocycles. The molecule has 1 aromatic carbocycles. The highest BCUT2D eigenvalue weighted by Gasteiger charge is 2.33. The zero-order chi connectivity index (χ0) is 18.6. The number of carbonyl (C=O) groups is 1. The molecule has 2 aromatic heterocycles. The van der Waals surface area contributed by atoms with Crippen LogP contribution in [0.15, 0.2) is 42.7 Å². The number of nitrogens with zero attached hydrogens (tertiary/aromatic N) is 4. The molecule has 0 bridgehead atoms. The number of alkyl halides is 3. The maximum atomic E-state index is 12.7. The molecular formula is C16H15F3N6O. The van der Waals surface area contributed by atoms with Crippen LogP contribution in [-0.2, 0) is 12.7 Å². The Morgan fingerprint density at radius 1 is 1.27 bits per heavy atom. The average Bonchev–Trinajstić information content (AvgIpc) is 3.30. The van der Waals surface area contributed by atoms with Gasteiger partial charge in [-0.1, -0.05) is 17.3 Å². The predicted molar refractivity (Wildman–Crippen MR) is 86.0 cm³/mol. The van der Waals surface area contributed by atoms with E-state index in [0.29, 0.717) is 30.6 Å². The standard InChI is InChI=1S/C16H15F3N6O/c17-16(18,19)14-10-13(22-23-14)11-3-1-4-12(9-11)15(26)20-5-2-7-25-8-6-21-24-25/h1,3-4,6,8-10H,2,5,7H2,(H,20,26)(H,22,23). The Balaban J connectivity index is 1.61. The molecule has 10 heteroatoms. The van der Waals surface area contributed by atoms with Crippen LogP contribution in [0.3, 0.4) is 0 Å². The number of aryl methyl sites for hydroxylation is 1. The van der Waals surface area contributed by atoms with Gasteiger partial charge in [0.25, 0.3) is 5.91 Å². The van der Waals surface area contributed by atoms with Crippen molar-refractivity contribution < 1.29 is 18.0 Å². The average molecular weight is 364 g/mol. The smallest absolute Gasteiger partial charge is 0.352 e. The quantitative estimate of drug-likeness (QED) is 0.658. The topological polar surface area (TPSA) is 88.5 Å². The van der Waals surface area contributed by atoms with Crippen molar-refractivity contribution in [1.29, 1.82) is 0 Å². The molecule has 1 amide bonds. The zero-order valence-corrected chi connectivity index (χ0v) is 13.5. The molecule has 136 valence electrons. The molecule has 2 heterocycles. The number of carbonyl (C=O) groups excluding carboxylic acids is 1. The van der Waals surface area contributed by atoms with E-state index in [9.17, 15) is 18.0 Å². The lowest BCUT2D eigenvalue weighted by Gasteiger charge is -2.06. The van der Waals surface area contributed by atoms with Crippen LogP contribution in [0.1, 0.15) is 22.5 Å². The van der Waals surface area contributed by atoms with Crippen molar-refractivity contribution in [2.75, 3.05) is 6.54 Å². The predicted octanol–water partition coefficient (Wildman–Crippen LogP) is 2.51. The van der Waals surface area contributed by atoms with Crippen LogP contribution in [0.25, 0.3) is 11.3 Å². The van der Waals surface area contributed by atoms with E-state index in [2.05, 4.69) is 20.7 Å². The molecule has 0 aliphatic heterocycles. The van der Waals surface area contributed by atoms with Gasteiger partial charge in [0, 0.05) is 30.4 Å².